The Morgan fingerprint density at radius 1 is 1.15 bits per heavy atom. The average Bonchev–Trinajstić information content (AvgIpc) is 2.95. The number of piperidine rings is 1. The van der Waals surface area contributed by atoms with E-state index in [4.69, 9.17) is 14.2 Å². The van der Waals surface area contributed by atoms with Gasteiger partial charge in [-0.3, -0.25) is 19.2 Å². The molecule has 0 aromatic heterocycles. The topological polar surface area (TPSA) is 155 Å². The highest BCUT2D eigenvalue weighted by Crippen LogP contribution is 2.47. The van der Waals surface area contributed by atoms with Crippen molar-refractivity contribution in [3.8, 4) is 5.75 Å². The number of ether oxygens (including phenoxy) is 3. The molecule has 2 atom stereocenters. The van der Waals surface area contributed by atoms with Crippen LogP contribution in [0.5, 0.6) is 5.75 Å². The van der Waals surface area contributed by atoms with Crippen LogP contribution in [0.4, 0.5) is 10.5 Å². The van der Waals surface area contributed by atoms with Crippen molar-refractivity contribution >= 4 is 35.5 Å². The molecule has 4 amide bonds. The van der Waals surface area contributed by atoms with Gasteiger partial charge in [-0.1, -0.05) is 6.92 Å². The van der Waals surface area contributed by atoms with Gasteiger partial charge in [0, 0.05) is 51.1 Å². The molecule has 0 bridgehead atoms. The highest BCUT2D eigenvalue weighted by atomic mass is 16.7. The Hall–Kier alpha value is -3.87. The highest BCUT2D eigenvalue weighted by molar-refractivity contribution is 6.05. The van der Waals surface area contributed by atoms with Gasteiger partial charge in [0.15, 0.2) is 5.60 Å². The van der Waals surface area contributed by atoms with E-state index >= 15 is 0 Å². The fourth-order valence-electron chi connectivity index (χ4n) is 6.40. The molecule has 2 fully saturated rings. The van der Waals surface area contributed by atoms with Gasteiger partial charge in [-0.2, -0.15) is 0 Å². The molecule has 2 aliphatic heterocycles. The maximum absolute atomic E-state index is 14.3. The Labute approximate surface area is 276 Å². The molecule has 2 heterocycles. The summed E-state index contributed by atoms with van der Waals surface area (Å²) in [5.41, 5.74) is -0.535. The second kappa shape index (κ2) is 14.5. The minimum Gasteiger partial charge on any atom is -0.475 e. The van der Waals surface area contributed by atoms with Crippen molar-refractivity contribution in [3.05, 3.63) is 23.3 Å². The number of likely N-dealkylation sites (tertiary alicyclic amines) is 1. The summed E-state index contributed by atoms with van der Waals surface area (Å²) in [6, 6.07) is 3.00. The van der Waals surface area contributed by atoms with Crippen molar-refractivity contribution in [1.29, 1.82) is 0 Å². The summed E-state index contributed by atoms with van der Waals surface area (Å²) in [6.45, 7) is 13.0. The lowest BCUT2D eigenvalue weighted by Gasteiger charge is -2.47. The summed E-state index contributed by atoms with van der Waals surface area (Å²) in [5.74, 6) is -0.648. The lowest BCUT2D eigenvalue weighted by Crippen LogP contribution is -2.61. The van der Waals surface area contributed by atoms with Crippen LogP contribution in [0.25, 0.3) is 0 Å². The molecule has 3 aliphatic rings. The number of benzene rings is 1. The zero-order valence-corrected chi connectivity index (χ0v) is 28.7. The minimum atomic E-state index is -1.25. The van der Waals surface area contributed by atoms with Crippen molar-refractivity contribution in [2.45, 2.75) is 123 Å². The van der Waals surface area contributed by atoms with Gasteiger partial charge in [-0.25, -0.2) is 4.79 Å². The van der Waals surface area contributed by atoms with Crippen LogP contribution >= 0.6 is 0 Å². The summed E-state index contributed by atoms with van der Waals surface area (Å²) in [5, 5.41) is 12.7. The van der Waals surface area contributed by atoms with Crippen LogP contribution in [0.2, 0.25) is 0 Å². The molecule has 1 spiro atoms. The molecule has 4 rings (SSSR count). The zero-order valence-electron chi connectivity index (χ0n) is 28.7. The van der Waals surface area contributed by atoms with Gasteiger partial charge in [0.05, 0.1) is 23.8 Å². The number of amides is 4. The summed E-state index contributed by atoms with van der Waals surface area (Å²) in [7, 11) is 0. The average molecular weight is 659 g/mol. The van der Waals surface area contributed by atoms with Crippen molar-refractivity contribution in [1.82, 2.24) is 15.1 Å². The quantitative estimate of drug-likeness (QED) is 0.268. The van der Waals surface area contributed by atoms with Crippen LogP contribution in [0, 0.1) is 6.92 Å². The Morgan fingerprint density at radius 2 is 1.85 bits per heavy atom. The maximum atomic E-state index is 14.3. The number of nitrogens with one attached hydrogen (secondary N) is 1. The number of esters is 1. The van der Waals surface area contributed by atoms with Crippen LogP contribution in [-0.2, 0) is 23.9 Å². The van der Waals surface area contributed by atoms with E-state index in [-0.39, 0.29) is 55.9 Å². The number of rotatable bonds is 11. The predicted molar refractivity (Wildman–Crippen MR) is 173 cm³/mol. The molecule has 13 nitrogen and oxygen atoms in total. The van der Waals surface area contributed by atoms with Crippen LogP contribution in [0.15, 0.2) is 12.1 Å². The van der Waals surface area contributed by atoms with Crippen molar-refractivity contribution < 1.29 is 43.3 Å². The van der Waals surface area contributed by atoms with Gasteiger partial charge >= 0.3 is 12.1 Å². The third-order valence-electron chi connectivity index (χ3n) is 8.89. The summed E-state index contributed by atoms with van der Waals surface area (Å²) in [6.07, 6.45) is 1.70. The highest BCUT2D eigenvalue weighted by Gasteiger charge is 2.52. The van der Waals surface area contributed by atoms with Gasteiger partial charge in [0.25, 0.3) is 11.8 Å². The standard InChI is InChI=1S/C34H50N4O9/c1-8-28(39)35-14-16-37-26-18-25(22(4)17-27(26)47-34(31(37)42)12-10-13-34)30(41)38(21(2)3)24-11-9-15-36(20-24)32(43)46-23(5)45-29(40)19-33(6,7)44/h17-18,21,23-24,44H,8-16,19-20H2,1-7H3,(H,35,39)/t23?,24-/m1/s1. The first-order chi connectivity index (χ1) is 22.0. The van der Waals surface area contributed by atoms with Crippen LogP contribution < -0.4 is 15.0 Å². The Morgan fingerprint density at radius 3 is 2.45 bits per heavy atom. The van der Waals surface area contributed by atoms with Crippen LogP contribution in [-0.4, -0.2) is 100 Å². The molecular weight excluding hydrogens is 608 g/mol. The van der Waals surface area contributed by atoms with Gasteiger partial charge in [-0.05, 0) is 84.4 Å². The molecule has 1 unspecified atom stereocenters. The first-order valence-corrected chi connectivity index (χ1v) is 16.7. The monoisotopic (exact) mass is 658 g/mol. The Bertz CT molecular complexity index is 1370. The number of aliphatic hydroxyl groups is 1. The lowest BCUT2D eigenvalue weighted by molar-refractivity contribution is -0.170. The molecule has 260 valence electrons. The largest absolute Gasteiger partial charge is 0.475 e. The molecule has 1 saturated carbocycles. The summed E-state index contributed by atoms with van der Waals surface area (Å²) in [4.78, 5) is 70.0. The number of aryl methyl sites for hydroxylation is 1. The van der Waals surface area contributed by atoms with E-state index < -0.39 is 29.6 Å². The number of anilines is 1. The Kier molecular flexibility index (Phi) is 11.1. The number of carbonyl (C=O) groups excluding carboxylic acids is 5. The molecule has 1 aromatic carbocycles. The second-order valence-electron chi connectivity index (χ2n) is 13.7. The SMILES string of the molecule is CCC(=O)NCCN1C(=O)C2(CCC2)Oc2cc(C)c(C(=O)N(C(C)C)[C@@H]3CCCN(C(=O)OC(C)OC(=O)CC(C)(C)O)C3)cc21. The van der Waals surface area contributed by atoms with E-state index in [0.29, 0.717) is 61.2 Å². The van der Waals surface area contributed by atoms with Gasteiger partial charge < -0.3 is 39.3 Å². The van der Waals surface area contributed by atoms with E-state index in [1.165, 1.54) is 25.7 Å². The van der Waals surface area contributed by atoms with E-state index in [2.05, 4.69) is 5.32 Å². The predicted octanol–water partition coefficient (Wildman–Crippen LogP) is 3.67. The van der Waals surface area contributed by atoms with E-state index in [0.717, 1.165) is 6.42 Å². The minimum absolute atomic E-state index is 0.108. The number of fused-ring (bicyclic) bond motifs is 1. The van der Waals surface area contributed by atoms with Crippen LogP contribution in [0.3, 0.4) is 0 Å². The molecule has 1 aromatic rings. The molecular formula is C34H50N4O9. The van der Waals surface area contributed by atoms with Crippen molar-refractivity contribution in [2.24, 2.45) is 0 Å². The molecule has 13 heteroatoms. The fraction of sp³-hybridized carbons (Fsp3) is 0.676. The van der Waals surface area contributed by atoms with Crippen molar-refractivity contribution in [2.75, 3.05) is 31.1 Å². The molecule has 0 radical (unpaired) electrons. The van der Waals surface area contributed by atoms with Crippen LogP contribution in [0.1, 0.15) is 102 Å². The van der Waals surface area contributed by atoms with Gasteiger partial charge in [-0.15, -0.1) is 0 Å². The second-order valence-corrected chi connectivity index (χ2v) is 13.7. The summed E-state index contributed by atoms with van der Waals surface area (Å²) >= 11 is 0. The first-order valence-electron chi connectivity index (χ1n) is 16.7. The van der Waals surface area contributed by atoms with E-state index in [1.54, 1.807) is 22.8 Å². The van der Waals surface area contributed by atoms with Crippen molar-refractivity contribution in [3.63, 3.8) is 0 Å². The maximum Gasteiger partial charge on any atom is 0.412 e. The molecule has 2 N–H and O–H groups in total. The number of hydrogen-bond donors (Lipinski definition) is 2. The lowest BCUT2D eigenvalue weighted by atomic mass is 9.77. The van der Waals surface area contributed by atoms with Gasteiger partial charge in [0.2, 0.25) is 12.2 Å². The number of nitrogens with zero attached hydrogens (tertiary/aromatic N) is 3. The molecule has 1 aliphatic carbocycles. The number of carbonyl (C=O) groups is 5. The molecule has 1 saturated heterocycles. The summed E-state index contributed by atoms with van der Waals surface area (Å²) < 4.78 is 16.8. The smallest absolute Gasteiger partial charge is 0.412 e. The van der Waals surface area contributed by atoms with Gasteiger partial charge in [0.1, 0.15) is 5.75 Å². The van der Waals surface area contributed by atoms with E-state index in [9.17, 15) is 29.1 Å². The third kappa shape index (κ3) is 8.35. The zero-order chi connectivity index (χ0) is 34.7. The first kappa shape index (κ1) is 36.0. The molecule has 47 heavy (non-hydrogen) atoms. The third-order valence-corrected chi connectivity index (χ3v) is 8.89. The van der Waals surface area contributed by atoms with E-state index in [1.807, 2.05) is 26.8 Å². The number of hydrogen-bond acceptors (Lipinski definition) is 9. The normalized spacial score (nSPS) is 19.3. The Balaban J connectivity index is 1.52. The fourth-order valence-corrected chi connectivity index (χ4v) is 6.40.